The van der Waals surface area contributed by atoms with Gasteiger partial charge in [0, 0.05) is 17.6 Å². The number of hydrogen-bond acceptors (Lipinski definition) is 6. The summed E-state index contributed by atoms with van der Waals surface area (Å²) in [6.07, 6.45) is 1.72. The second kappa shape index (κ2) is 8.85. The van der Waals surface area contributed by atoms with Crippen LogP contribution in [0, 0.1) is 0 Å². The molecule has 28 heavy (non-hydrogen) atoms. The SMILES string of the molecule is CCOC(=O)COc1cccc(-n2ccs/c2=N\S(=O)(=O)c2ccccc2)c1. The molecule has 0 atom stereocenters. The van der Waals surface area contributed by atoms with Crippen LogP contribution in [-0.4, -0.2) is 32.2 Å². The largest absolute Gasteiger partial charge is 0.482 e. The molecule has 0 radical (unpaired) electrons. The Morgan fingerprint density at radius 2 is 1.93 bits per heavy atom. The molecule has 0 saturated carbocycles. The van der Waals surface area contributed by atoms with Gasteiger partial charge in [0.05, 0.1) is 17.2 Å². The summed E-state index contributed by atoms with van der Waals surface area (Å²) in [5.41, 5.74) is 0.657. The first-order valence-electron chi connectivity index (χ1n) is 8.40. The molecule has 0 unspecified atom stereocenters. The predicted octanol–water partition coefficient (Wildman–Crippen LogP) is 2.77. The lowest BCUT2D eigenvalue weighted by Gasteiger charge is -2.08. The standard InChI is InChI=1S/C19H18N2O5S2/c1-2-25-18(22)14-26-16-8-6-7-15(13-16)21-11-12-27-19(21)20-28(23,24)17-9-4-3-5-10-17/h3-13H,2,14H2,1H3/b20-19-. The van der Waals surface area contributed by atoms with Crippen molar-refractivity contribution in [1.82, 2.24) is 4.57 Å². The van der Waals surface area contributed by atoms with Gasteiger partial charge < -0.3 is 9.47 Å². The molecule has 0 aliphatic heterocycles. The lowest BCUT2D eigenvalue weighted by Crippen LogP contribution is -2.16. The second-order valence-electron chi connectivity index (χ2n) is 5.53. The molecule has 0 amide bonds. The predicted molar refractivity (Wildman–Crippen MR) is 105 cm³/mol. The van der Waals surface area contributed by atoms with Crippen molar-refractivity contribution in [3.63, 3.8) is 0 Å². The lowest BCUT2D eigenvalue weighted by molar-refractivity contribution is -0.145. The van der Waals surface area contributed by atoms with Gasteiger partial charge in [-0.25, -0.2) is 4.79 Å². The highest BCUT2D eigenvalue weighted by molar-refractivity contribution is 7.90. The molecule has 1 heterocycles. The molecular weight excluding hydrogens is 400 g/mol. The highest BCUT2D eigenvalue weighted by Gasteiger charge is 2.13. The first-order chi connectivity index (χ1) is 13.5. The monoisotopic (exact) mass is 418 g/mol. The molecule has 3 aromatic rings. The molecule has 0 fully saturated rings. The van der Waals surface area contributed by atoms with Crippen LogP contribution in [0.3, 0.4) is 0 Å². The summed E-state index contributed by atoms with van der Waals surface area (Å²) < 4.78 is 41.0. The maximum atomic E-state index is 12.5. The number of carbonyl (C=O) groups is 1. The quantitative estimate of drug-likeness (QED) is 0.551. The van der Waals surface area contributed by atoms with Crippen LogP contribution in [0.25, 0.3) is 5.69 Å². The number of hydrogen-bond donors (Lipinski definition) is 0. The van der Waals surface area contributed by atoms with Gasteiger partial charge in [-0.15, -0.1) is 15.7 Å². The highest BCUT2D eigenvalue weighted by atomic mass is 32.2. The molecule has 9 heteroatoms. The van der Waals surface area contributed by atoms with Crippen LogP contribution in [0.1, 0.15) is 6.92 Å². The van der Waals surface area contributed by atoms with Crippen molar-refractivity contribution in [2.24, 2.45) is 4.40 Å². The van der Waals surface area contributed by atoms with Crippen molar-refractivity contribution in [2.75, 3.05) is 13.2 Å². The van der Waals surface area contributed by atoms with E-state index < -0.39 is 16.0 Å². The molecule has 2 aromatic carbocycles. The first-order valence-corrected chi connectivity index (χ1v) is 10.7. The van der Waals surface area contributed by atoms with E-state index in [0.29, 0.717) is 16.2 Å². The molecule has 3 rings (SSSR count). The minimum Gasteiger partial charge on any atom is -0.482 e. The molecule has 1 aromatic heterocycles. The summed E-state index contributed by atoms with van der Waals surface area (Å²) in [7, 11) is -3.83. The van der Waals surface area contributed by atoms with Crippen molar-refractivity contribution < 1.29 is 22.7 Å². The van der Waals surface area contributed by atoms with Crippen molar-refractivity contribution in [2.45, 2.75) is 11.8 Å². The first kappa shape index (κ1) is 19.8. The number of thiazole rings is 1. The van der Waals surface area contributed by atoms with Gasteiger partial charge in [0.15, 0.2) is 6.61 Å². The van der Waals surface area contributed by atoms with E-state index in [4.69, 9.17) is 9.47 Å². The normalized spacial score (nSPS) is 12.0. The van der Waals surface area contributed by atoms with E-state index in [1.54, 1.807) is 65.5 Å². The molecule has 146 valence electrons. The molecule has 0 saturated heterocycles. The Kier molecular flexibility index (Phi) is 6.27. The highest BCUT2D eigenvalue weighted by Crippen LogP contribution is 2.17. The van der Waals surface area contributed by atoms with Gasteiger partial charge in [-0.1, -0.05) is 24.3 Å². The topological polar surface area (TPSA) is 87.0 Å². The zero-order chi connectivity index (χ0) is 20.0. The zero-order valence-corrected chi connectivity index (χ0v) is 16.7. The summed E-state index contributed by atoms with van der Waals surface area (Å²) in [6, 6.07) is 15.0. The van der Waals surface area contributed by atoms with Crippen LogP contribution < -0.4 is 9.54 Å². The third kappa shape index (κ3) is 4.87. The molecule has 0 N–H and O–H groups in total. The number of nitrogens with zero attached hydrogens (tertiary/aromatic N) is 2. The Balaban J connectivity index is 1.90. The Hall–Kier alpha value is -2.91. The van der Waals surface area contributed by atoms with E-state index in [0.717, 1.165) is 0 Å². The van der Waals surface area contributed by atoms with Gasteiger partial charge in [0.1, 0.15) is 5.75 Å². The number of rotatable bonds is 7. The van der Waals surface area contributed by atoms with Crippen LogP contribution in [0.2, 0.25) is 0 Å². The van der Waals surface area contributed by atoms with E-state index in [-0.39, 0.29) is 18.1 Å². The fraction of sp³-hybridized carbons (Fsp3) is 0.158. The van der Waals surface area contributed by atoms with Crippen LogP contribution in [0.5, 0.6) is 5.75 Å². The minimum absolute atomic E-state index is 0.126. The number of sulfonamides is 1. The van der Waals surface area contributed by atoms with E-state index >= 15 is 0 Å². The van der Waals surface area contributed by atoms with E-state index in [1.807, 2.05) is 0 Å². The second-order valence-corrected chi connectivity index (χ2v) is 8.00. The average Bonchev–Trinajstić information content (AvgIpc) is 3.15. The number of esters is 1. The average molecular weight is 418 g/mol. The fourth-order valence-corrected chi connectivity index (χ4v) is 4.30. The van der Waals surface area contributed by atoms with Gasteiger partial charge in [-0.05, 0) is 31.2 Å². The van der Waals surface area contributed by atoms with Crippen LogP contribution in [0.15, 0.2) is 75.5 Å². The maximum Gasteiger partial charge on any atom is 0.344 e. The Labute approximate surface area is 166 Å². The summed E-state index contributed by atoms with van der Waals surface area (Å²) in [5, 5.41) is 1.74. The van der Waals surface area contributed by atoms with Crippen molar-refractivity contribution in [3.05, 3.63) is 71.0 Å². The third-order valence-electron chi connectivity index (χ3n) is 3.59. The molecule has 0 aliphatic rings. The van der Waals surface area contributed by atoms with Crippen molar-refractivity contribution in [1.29, 1.82) is 0 Å². The van der Waals surface area contributed by atoms with Crippen LogP contribution >= 0.6 is 11.3 Å². The third-order valence-corrected chi connectivity index (χ3v) is 5.74. The Bertz CT molecular complexity index is 1120. The van der Waals surface area contributed by atoms with Crippen molar-refractivity contribution in [3.8, 4) is 11.4 Å². The summed E-state index contributed by atoms with van der Waals surface area (Å²) >= 11 is 1.20. The van der Waals surface area contributed by atoms with Gasteiger partial charge in [-0.3, -0.25) is 4.57 Å². The van der Waals surface area contributed by atoms with Gasteiger partial charge in [-0.2, -0.15) is 8.42 Å². The Morgan fingerprint density at radius 3 is 2.68 bits per heavy atom. The van der Waals surface area contributed by atoms with Crippen LogP contribution in [-0.2, 0) is 19.6 Å². The number of ether oxygens (including phenoxy) is 2. The number of aromatic nitrogens is 1. The summed E-state index contributed by atoms with van der Waals surface area (Å²) in [4.78, 5) is 11.9. The molecule has 7 nitrogen and oxygen atoms in total. The van der Waals surface area contributed by atoms with E-state index in [2.05, 4.69) is 4.40 Å². The minimum atomic E-state index is -3.83. The zero-order valence-electron chi connectivity index (χ0n) is 15.0. The van der Waals surface area contributed by atoms with Crippen LogP contribution in [0.4, 0.5) is 0 Å². The number of carbonyl (C=O) groups excluding carboxylic acids is 1. The molecule has 0 spiro atoms. The Morgan fingerprint density at radius 1 is 1.14 bits per heavy atom. The van der Waals surface area contributed by atoms with Crippen molar-refractivity contribution >= 4 is 27.3 Å². The maximum absolute atomic E-state index is 12.5. The van der Waals surface area contributed by atoms with Gasteiger partial charge >= 0.3 is 5.97 Å². The van der Waals surface area contributed by atoms with E-state index in [1.165, 1.54) is 23.5 Å². The summed E-state index contributed by atoms with van der Waals surface area (Å²) in [5.74, 6) is 0.00172. The van der Waals surface area contributed by atoms with Gasteiger partial charge in [0.25, 0.3) is 10.0 Å². The fourth-order valence-electron chi connectivity index (χ4n) is 2.35. The smallest absolute Gasteiger partial charge is 0.344 e. The molecule has 0 aliphatic carbocycles. The van der Waals surface area contributed by atoms with E-state index in [9.17, 15) is 13.2 Å². The molecule has 0 bridgehead atoms. The molecular formula is C19H18N2O5S2. The summed E-state index contributed by atoms with van der Waals surface area (Å²) in [6.45, 7) is 1.80. The van der Waals surface area contributed by atoms with Gasteiger partial charge in [0.2, 0.25) is 4.80 Å². The number of benzene rings is 2. The lowest BCUT2D eigenvalue weighted by atomic mass is 10.3.